The molecule has 0 saturated carbocycles. The van der Waals surface area contributed by atoms with Crippen LogP contribution in [-0.4, -0.2) is 69.7 Å². The third-order valence-electron chi connectivity index (χ3n) is 6.88. The summed E-state index contributed by atoms with van der Waals surface area (Å²) >= 11 is 1.27. The van der Waals surface area contributed by atoms with E-state index in [1.807, 2.05) is 11.9 Å². The van der Waals surface area contributed by atoms with E-state index >= 15 is 0 Å². The molecule has 2 saturated heterocycles. The van der Waals surface area contributed by atoms with Crippen LogP contribution in [-0.2, 0) is 4.79 Å². The number of likely N-dealkylation sites (N-methyl/N-ethyl adjacent to an activating group) is 1. The Kier molecular flexibility index (Phi) is 6.26. The highest BCUT2D eigenvalue weighted by Gasteiger charge is 2.37. The van der Waals surface area contributed by atoms with Crippen molar-refractivity contribution in [1.29, 1.82) is 0 Å². The molecule has 2 amide bonds. The van der Waals surface area contributed by atoms with Crippen molar-refractivity contribution in [1.82, 2.24) is 24.5 Å². The van der Waals surface area contributed by atoms with Gasteiger partial charge in [-0.2, -0.15) is 4.37 Å². The Morgan fingerprint density at radius 3 is 2.62 bits per heavy atom. The fourth-order valence-electron chi connectivity index (χ4n) is 5.13. The number of likely N-dealkylation sites (tertiary alicyclic amines) is 2. The first-order valence-electron chi connectivity index (χ1n) is 11.3. The summed E-state index contributed by atoms with van der Waals surface area (Å²) in [5.41, 5.74) is 0.947. The first-order valence-corrected chi connectivity index (χ1v) is 12.1. The SMILES string of the molecule is CN1CCC[C@@H]1C(=O)N[C@@H]1CN(C(=O)c2cncc3sncc23)CC[C@H]1c1cc(F)cc(F)c1. The lowest BCUT2D eigenvalue weighted by Gasteiger charge is -2.40. The third kappa shape index (κ3) is 4.39. The normalized spacial score (nSPS) is 23.4. The molecular formula is C24H25F2N5O2S. The van der Waals surface area contributed by atoms with Crippen LogP contribution in [0.2, 0.25) is 0 Å². The number of halogens is 2. The van der Waals surface area contributed by atoms with E-state index in [9.17, 15) is 18.4 Å². The number of nitrogens with zero attached hydrogens (tertiary/aromatic N) is 4. The Hall–Kier alpha value is -2.98. The maximum Gasteiger partial charge on any atom is 0.256 e. The van der Waals surface area contributed by atoms with Gasteiger partial charge in [-0.05, 0) is 62.1 Å². The van der Waals surface area contributed by atoms with Crippen molar-refractivity contribution in [2.75, 3.05) is 26.7 Å². The lowest BCUT2D eigenvalue weighted by atomic mass is 9.84. The number of fused-ring (bicyclic) bond motifs is 1. The quantitative estimate of drug-likeness (QED) is 0.614. The summed E-state index contributed by atoms with van der Waals surface area (Å²) in [5.74, 6) is -1.94. The fourth-order valence-corrected chi connectivity index (χ4v) is 5.77. The molecule has 1 aromatic carbocycles. The molecule has 7 nitrogen and oxygen atoms in total. The monoisotopic (exact) mass is 485 g/mol. The number of carbonyl (C=O) groups is 2. The average Bonchev–Trinajstić information content (AvgIpc) is 3.46. The van der Waals surface area contributed by atoms with Gasteiger partial charge in [0.05, 0.1) is 22.3 Å². The Labute approximate surface area is 199 Å². The van der Waals surface area contributed by atoms with Gasteiger partial charge in [0.2, 0.25) is 5.91 Å². The summed E-state index contributed by atoms with van der Waals surface area (Å²) in [5, 5.41) is 3.84. The van der Waals surface area contributed by atoms with Crippen LogP contribution in [0, 0.1) is 11.6 Å². The number of amides is 2. The average molecular weight is 486 g/mol. The van der Waals surface area contributed by atoms with Crippen LogP contribution in [0.15, 0.2) is 36.8 Å². The van der Waals surface area contributed by atoms with Crippen molar-refractivity contribution in [3.8, 4) is 0 Å². The lowest BCUT2D eigenvalue weighted by Crippen LogP contribution is -2.56. The van der Waals surface area contributed by atoms with Gasteiger partial charge in [0, 0.05) is 49.1 Å². The third-order valence-corrected chi connectivity index (χ3v) is 7.61. The van der Waals surface area contributed by atoms with Crippen LogP contribution in [0.4, 0.5) is 8.78 Å². The van der Waals surface area contributed by atoms with E-state index in [0.717, 1.165) is 35.5 Å². The van der Waals surface area contributed by atoms with Gasteiger partial charge in [0.15, 0.2) is 0 Å². The van der Waals surface area contributed by atoms with Gasteiger partial charge < -0.3 is 10.2 Å². The van der Waals surface area contributed by atoms with E-state index in [-0.39, 0.29) is 30.3 Å². The van der Waals surface area contributed by atoms with E-state index < -0.39 is 17.7 Å². The molecule has 2 fully saturated rings. The summed E-state index contributed by atoms with van der Waals surface area (Å²) in [4.78, 5) is 34.4. The van der Waals surface area contributed by atoms with Gasteiger partial charge in [-0.3, -0.25) is 19.5 Å². The molecule has 1 N–H and O–H groups in total. The summed E-state index contributed by atoms with van der Waals surface area (Å²) < 4.78 is 33.0. The Bertz CT molecular complexity index is 1210. The molecule has 178 valence electrons. The van der Waals surface area contributed by atoms with Crippen molar-refractivity contribution in [2.24, 2.45) is 0 Å². The minimum atomic E-state index is -0.656. The molecule has 2 aromatic heterocycles. The molecule has 4 heterocycles. The van der Waals surface area contributed by atoms with E-state index in [4.69, 9.17) is 0 Å². The maximum absolute atomic E-state index is 14.0. The number of pyridine rings is 1. The summed E-state index contributed by atoms with van der Waals surface area (Å²) in [6.45, 7) is 1.47. The van der Waals surface area contributed by atoms with Crippen LogP contribution in [0.1, 0.15) is 41.1 Å². The zero-order chi connectivity index (χ0) is 23.8. The molecule has 0 spiro atoms. The van der Waals surface area contributed by atoms with Crippen molar-refractivity contribution in [3.05, 3.63) is 59.6 Å². The Morgan fingerprint density at radius 2 is 1.88 bits per heavy atom. The summed E-state index contributed by atoms with van der Waals surface area (Å²) in [6.07, 6.45) is 7.03. The molecule has 0 radical (unpaired) electrons. The zero-order valence-electron chi connectivity index (χ0n) is 18.7. The second kappa shape index (κ2) is 9.34. The molecular weight excluding hydrogens is 460 g/mol. The molecule has 0 bridgehead atoms. The van der Waals surface area contributed by atoms with E-state index in [0.29, 0.717) is 24.1 Å². The van der Waals surface area contributed by atoms with E-state index in [2.05, 4.69) is 14.7 Å². The Morgan fingerprint density at radius 1 is 1.09 bits per heavy atom. The smallest absolute Gasteiger partial charge is 0.256 e. The number of aromatic nitrogens is 2. The largest absolute Gasteiger partial charge is 0.350 e. The van der Waals surface area contributed by atoms with Crippen molar-refractivity contribution >= 4 is 33.4 Å². The number of carbonyl (C=O) groups excluding carboxylic acids is 2. The zero-order valence-corrected chi connectivity index (χ0v) is 19.5. The van der Waals surface area contributed by atoms with Gasteiger partial charge in [-0.15, -0.1) is 0 Å². The molecule has 2 aliphatic heterocycles. The molecule has 0 aliphatic carbocycles. The van der Waals surface area contributed by atoms with Crippen LogP contribution >= 0.6 is 11.5 Å². The van der Waals surface area contributed by atoms with Crippen LogP contribution in [0.3, 0.4) is 0 Å². The second-order valence-electron chi connectivity index (χ2n) is 9.03. The lowest BCUT2D eigenvalue weighted by molar-refractivity contribution is -0.126. The molecule has 2 aliphatic rings. The number of benzene rings is 1. The Balaban J connectivity index is 1.42. The molecule has 0 unspecified atom stereocenters. The highest BCUT2D eigenvalue weighted by atomic mass is 32.1. The molecule has 34 heavy (non-hydrogen) atoms. The minimum Gasteiger partial charge on any atom is -0.350 e. The first-order chi connectivity index (χ1) is 16.4. The predicted molar refractivity (Wildman–Crippen MR) is 125 cm³/mol. The highest BCUT2D eigenvalue weighted by molar-refractivity contribution is 7.13. The van der Waals surface area contributed by atoms with Gasteiger partial charge in [0.1, 0.15) is 11.6 Å². The van der Waals surface area contributed by atoms with Crippen LogP contribution in [0.25, 0.3) is 10.1 Å². The number of nitrogens with one attached hydrogen (secondary N) is 1. The first kappa shape index (κ1) is 22.8. The molecule has 3 aromatic rings. The maximum atomic E-state index is 14.0. The van der Waals surface area contributed by atoms with Crippen molar-refractivity contribution in [2.45, 2.75) is 37.3 Å². The topological polar surface area (TPSA) is 78.4 Å². The number of hydrogen-bond acceptors (Lipinski definition) is 6. The number of hydrogen-bond donors (Lipinski definition) is 1. The van der Waals surface area contributed by atoms with Gasteiger partial charge >= 0.3 is 0 Å². The summed E-state index contributed by atoms with van der Waals surface area (Å²) in [7, 11) is 1.91. The second-order valence-corrected chi connectivity index (χ2v) is 9.86. The number of rotatable bonds is 4. The van der Waals surface area contributed by atoms with E-state index in [1.54, 1.807) is 17.3 Å². The van der Waals surface area contributed by atoms with Crippen LogP contribution in [0.5, 0.6) is 0 Å². The van der Waals surface area contributed by atoms with Gasteiger partial charge in [0.25, 0.3) is 5.91 Å². The van der Waals surface area contributed by atoms with Crippen molar-refractivity contribution < 1.29 is 18.4 Å². The number of piperidine rings is 1. The van der Waals surface area contributed by atoms with E-state index in [1.165, 1.54) is 29.9 Å². The van der Waals surface area contributed by atoms with Crippen molar-refractivity contribution in [3.63, 3.8) is 0 Å². The molecule has 3 atom stereocenters. The van der Waals surface area contributed by atoms with Crippen LogP contribution < -0.4 is 5.32 Å². The van der Waals surface area contributed by atoms with Gasteiger partial charge in [-0.1, -0.05) is 0 Å². The van der Waals surface area contributed by atoms with Gasteiger partial charge in [-0.25, -0.2) is 8.78 Å². The fraction of sp³-hybridized carbons (Fsp3) is 0.417. The molecule has 10 heteroatoms. The minimum absolute atomic E-state index is 0.119. The standard InChI is InChI=1S/C24H25F2N5O2S/c1-30-5-2-3-21(30)23(32)29-20-13-31(6-4-17(20)14-7-15(25)9-16(26)8-14)24(33)19-10-27-12-22-18(19)11-28-34-22/h7-12,17,20-21H,2-6,13H2,1H3,(H,29,32)/t17-,20+,21+/m0/s1. The molecule has 5 rings (SSSR count). The highest BCUT2D eigenvalue weighted by Crippen LogP contribution is 2.32. The summed E-state index contributed by atoms with van der Waals surface area (Å²) in [6, 6.07) is 2.74. The predicted octanol–water partition coefficient (Wildman–Crippen LogP) is 3.18.